The maximum absolute atomic E-state index is 11.3. The molecule has 0 saturated carbocycles. The second-order valence-electron chi connectivity index (χ2n) is 4.02. The Balaban J connectivity index is 2.78. The van der Waals surface area contributed by atoms with Crippen LogP contribution in [-0.4, -0.2) is 21.9 Å². The van der Waals surface area contributed by atoms with Crippen LogP contribution in [0.4, 0.5) is 5.82 Å². The van der Waals surface area contributed by atoms with Gasteiger partial charge in [0.25, 0.3) is 5.56 Å². The Kier molecular flexibility index (Phi) is 5.28. The maximum atomic E-state index is 11.3. The normalized spacial score (nSPS) is 12.8. The smallest absolute Gasteiger partial charge is 0.267 e. The summed E-state index contributed by atoms with van der Waals surface area (Å²) in [5.41, 5.74) is -0.199. The van der Waals surface area contributed by atoms with Crippen LogP contribution < -0.4 is 10.9 Å². The lowest BCUT2D eigenvalue weighted by atomic mass is 10.1. The van der Waals surface area contributed by atoms with Crippen molar-refractivity contribution in [1.82, 2.24) is 9.97 Å². The van der Waals surface area contributed by atoms with Crippen molar-refractivity contribution >= 4 is 33.3 Å². The quantitative estimate of drug-likeness (QED) is 0.822. The molecule has 1 atom stereocenters. The van der Waals surface area contributed by atoms with Gasteiger partial charge in [0.1, 0.15) is 10.3 Å². The first-order chi connectivity index (χ1) is 7.54. The van der Waals surface area contributed by atoms with Crippen molar-refractivity contribution in [2.24, 2.45) is 5.92 Å². The Morgan fingerprint density at radius 3 is 2.88 bits per heavy atom. The fourth-order valence-corrected chi connectivity index (χ4v) is 1.94. The number of anilines is 1. The highest BCUT2D eigenvalue weighted by Gasteiger charge is 2.13. The second-order valence-corrected chi connectivity index (χ2v) is 5.12. The number of H-pyrrole nitrogens is 1. The molecule has 0 bridgehead atoms. The number of hydrogen-bond acceptors (Lipinski definition) is 3. The Hall–Kier alpha value is -0.550. The molecule has 16 heavy (non-hydrogen) atoms. The monoisotopic (exact) mass is 307 g/mol. The molecular formula is C10H15BrClN3O. The Morgan fingerprint density at radius 2 is 2.31 bits per heavy atom. The van der Waals surface area contributed by atoms with Crippen LogP contribution in [0.3, 0.4) is 0 Å². The largest absolute Gasteiger partial charge is 0.365 e. The minimum Gasteiger partial charge on any atom is -0.365 e. The number of nitrogens with one attached hydrogen (secondary N) is 2. The van der Waals surface area contributed by atoms with Crippen molar-refractivity contribution in [2.45, 2.75) is 26.3 Å². The van der Waals surface area contributed by atoms with E-state index in [1.807, 2.05) is 0 Å². The number of rotatable bonds is 5. The third-order valence-electron chi connectivity index (χ3n) is 2.08. The second kappa shape index (κ2) is 6.25. The summed E-state index contributed by atoms with van der Waals surface area (Å²) in [6.45, 7) is 4.25. The van der Waals surface area contributed by atoms with Gasteiger partial charge in [-0.25, -0.2) is 4.98 Å². The average molecular weight is 309 g/mol. The van der Waals surface area contributed by atoms with E-state index in [0.29, 0.717) is 22.1 Å². The van der Waals surface area contributed by atoms with Gasteiger partial charge in [-0.15, -0.1) is 11.6 Å². The first kappa shape index (κ1) is 13.5. The third-order valence-corrected chi connectivity index (χ3v) is 3.19. The van der Waals surface area contributed by atoms with E-state index < -0.39 is 0 Å². The molecule has 1 aromatic heterocycles. The number of aromatic amines is 1. The lowest BCUT2D eigenvalue weighted by Gasteiger charge is -2.18. The van der Waals surface area contributed by atoms with Crippen molar-refractivity contribution < 1.29 is 0 Å². The molecule has 0 aliphatic heterocycles. The predicted octanol–water partition coefficient (Wildman–Crippen LogP) is 2.60. The van der Waals surface area contributed by atoms with Gasteiger partial charge in [0.2, 0.25) is 0 Å². The van der Waals surface area contributed by atoms with Crippen molar-refractivity contribution in [3.63, 3.8) is 0 Å². The van der Waals surface area contributed by atoms with Crippen LogP contribution in [0.15, 0.2) is 15.6 Å². The first-order valence-electron chi connectivity index (χ1n) is 5.10. The van der Waals surface area contributed by atoms with Gasteiger partial charge in [-0.1, -0.05) is 13.8 Å². The minimum atomic E-state index is -0.199. The van der Waals surface area contributed by atoms with Crippen molar-refractivity contribution in [2.75, 3.05) is 11.2 Å². The molecule has 4 nitrogen and oxygen atoms in total. The topological polar surface area (TPSA) is 57.8 Å². The highest BCUT2D eigenvalue weighted by molar-refractivity contribution is 9.10. The van der Waals surface area contributed by atoms with E-state index in [4.69, 9.17) is 11.6 Å². The summed E-state index contributed by atoms with van der Waals surface area (Å²) in [6, 6.07) is 0.118. The lowest BCUT2D eigenvalue weighted by Crippen LogP contribution is -2.25. The number of halogens is 2. The summed E-state index contributed by atoms with van der Waals surface area (Å²) in [5.74, 6) is 1.56. The van der Waals surface area contributed by atoms with Crippen LogP contribution in [0.5, 0.6) is 0 Å². The zero-order valence-electron chi connectivity index (χ0n) is 9.26. The predicted molar refractivity (Wildman–Crippen MR) is 70.1 cm³/mol. The van der Waals surface area contributed by atoms with Gasteiger partial charge in [-0.2, -0.15) is 0 Å². The standard InChI is InChI=1S/C10H15BrClN3O/c1-6(2)3-7(4-12)15-9-8(11)10(16)14-5-13-9/h5-7H,3-4H2,1-2H3,(H2,13,14,15,16). The highest BCUT2D eigenvalue weighted by atomic mass is 79.9. The highest BCUT2D eigenvalue weighted by Crippen LogP contribution is 2.17. The maximum Gasteiger partial charge on any atom is 0.267 e. The van der Waals surface area contributed by atoms with Crippen molar-refractivity contribution in [3.8, 4) is 0 Å². The summed E-state index contributed by atoms with van der Waals surface area (Å²) in [6.07, 6.45) is 2.31. The van der Waals surface area contributed by atoms with E-state index in [0.717, 1.165) is 6.42 Å². The van der Waals surface area contributed by atoms with E-state index in [1.165, 1.54) is 6.33 Å². The van der Waals surface area contributed by atoms with Crippen LogP contribution >= 0.6 is 27.5 Å². The van der Waals surface area contributed by atoms with E-state index in [1.54, 1.807) is 0 Å². The van der Waals surface area contributed by atoms with E-state index in [9.17, 15) is 4.79 Å². The molecule has 1 aromatic rings. The molecule has 0 radical (unpaired) electrons. The zero-order chi connectivity index (χ0) is 12.1. The van der Waals surface area contributed by atoms with Gasteiger partial charge in [0.05, 0.1) is 6.33 Å². The van der Waals surface area contributed by atoms with Gasteiger partial charge in [0, 0.05) is 11.9 Å². The molecule has 1 rings (SSSR count). The molecule has 0 amide bonds. The molecule has 0 fully saturated rings. The van der Waals surface area contributed by atoms with Gasteiger partial charge < -0.3 is 10.3 Å². The fraction of sp³-hybridized carbons (Fsp3) is 0.600. The Morgan fingerprint density at radius 1 is 1.62 bits per heavy atom. The molecule has 0 aromatic carbocycles. The molecule has 0 saturated heterocycles. The number of nitrogens with zero attached hydrogens (tertiary/aromatic N) is 1. The molecule has 0 aliphatic rings. The van der Waals surface area contributed by atoms with Crippen molar-refractivity contribution in [1.29, 1.82) is 0 Å². The first-order valence-corrected chi connectivity index (χ1v) is 6.43. The molecule has 2 N–H and O–H groups in total. The Labute approximate surface area is 108 Å². The molecular weight excluding hydrogens is 293 g/mol. The lowest BCUT2D eigenvalue weighted by molar-refractivity contribution is 0.541. The fourth-order valence-electron chi connectivity index (χ4n) is 1.41. The van der Waals surface area contributed by atoms with E-state index in [-0.39, 0.29) is 11.6 Å². The van der Waals surface area contributed by atoms with Gasteiger partial charge >= 0.3 is 0 Å². The molecule has 1 unspecified atom stereocenters. The minimum absolute atomic E-state index is 0.118. The number of hydrogen-bond donors (Lipinski definition) is 2. The van der Waals surface area contributed by atoms with Gasteiger partial charge in [-0.3, -0.25) is 4.79 Å². The van der Waals surface area contributed by atoms with E-state index >= 15 is 0 Å². The number of alkyl halides is 1. The van der Waals surface area contributed by atoms with Crippen LogP contribution in [-0.2, 0) is 0 Å². The number of aromatic nitrogens is 2. The SMILES string of the molecule is CC(C)CC(CCl)Nc1nc[nH]c(=O)c1Br. The van der Waals surface area contributed by atoms with Crippen molar-refractivity contribution in [3.05, 3.63) is 21.2 Å². The van der Waals surface area contributed by atoms with E-state index in [2.05, 4.69) is 45.1 Å². The summed E-state index contributed by atoms with van der Waals surface area (Å²) in [4.78, 5) is 17.9. The molecule has 1 heterocycles. The Bertz CT molecular complexity index is 394. The van der Waals surface area contributed by atoms with Crippen LogP contribution in [0.2, 0.25) is 0 Å². The summed E-state index contributed by atoms with van der Waals surface area (Å²) < 4.78 is 0.411. The van der Waals surface area contributed by atoms with Gasteiger partial charge in [0.15, 0.2) is 0 Å². The van der Waals surface area contributed by atoms with Crippen LogP contribution in [0.1, 0.15) is 20.3 Å². The summed E-state index contributed by atoms with van der Waals surface area (Å²) in [7, 11) is 0. The molecule has 0 aliphatic carbocycles. The molecule has 6 heteroatoms. The summed E-state index contributed by atoms with van der Waals surface area (Å²) in [5, 5.41) is 3.16. The average Bonchev–Trinajstić information content (AvgIpc) is 2.23. The molecule has 90 valence electrons. The summed E-state index contributed by atoms with van der Waals surface area (Å²) >= 11 is 9.05. The third kappa shape index (κ3) is 3.79. The van der Waals surface area contributed by atoms with Crippen LogP contribution in [0.25, 0.3) is 0 Å². The molecule has 0 spiro atoms. The zero-order valence-corrected chi connectivity index (χ0v) is 11.6. The van der Waals surface area contributed by atoms with Crippen LogP contribution in [0, 0.1) is 5.92 Å². The van der Waals surface area contributed by atoms with Gasteiger partial charge in [-0.05, 0) is 28.3 Å².